The molecular weight excluding hydrogens is 408 g/mol. The molecule has 3 rings (SSSR count). The summed E-state index contributed by atoms with van der Waals surface area (Å²) in [5.41, 5.74) is 1.85. The largest absolute Gasteiger partial charge is 0.508 e. The molecule has 7 heteroatoms. The fourth-order valence-corrected chi connectivity index (χ4v) is 3.23. The normalized spacial score (nSPS) is 12.4. The molecule has 0 fully saturated rings. The number of carbonyl (C=O) groups is 3. The van der Waals surface area contributed by atoms with Crippen molar-refractivity contribution in [3.8, 4) is 5.75 Å². The van der Waals surface area contributed by atoms with E-state index in [9.17, 15) is 24.6 Å². The number of nitrogens with one attached hydrogen (secondary N) is 2. The first-order valence-electron chi connectivity index (χ1n) is 10.1. The summed E-state index contributed by atoms with van der Waals surface area (Å²) in [5, 5.41) is 24.4. The van der Waals surface area contributed by atoms with E-state index in [-0.39, 0.29) is 18.6 Å². The summed E-state index contributed by atoms with van der Waals surface area (Å²) < 4.78 is 0. The Hall–Kier alpha value is -4.13. The molecule has 0 heterocycles. The van der Waals surface area contributed by atoms with Gasteiger partial charge in [0.25, 0.3) is 5.91 Å². The molecular formula is C25H24N2O5. The molecule has 3 aromatic rings. The number of carboxylic acids is 1. The third-order valence-corrected chi connectivity index (χ3v) is 4.93. The van der Waals surface area contributed by atoms with Crippen LogP contribution in [0.4, 0.5) is 0 Å². The zero-order chi connectivity index (χ0) is 22.9. The lowest BCUT2D eigenvalue weighted by atomic mass is 10.0. The number of hydrogen-bond donors (Lipinski definition) is 4. The predicted molar refractivity (Wildman–Crippen MR) is 119 cm³/mol. The molecule has 0 saturated heterocycles. The number of phenols is 1. The average molecular weight is 432 g/mol. The van der Waals surface area contributed by atoms with Gasteiger partial charge in [0.1, 0.15) is 17.8 Å². The Labute approximate surface area is 185 Å². The molecule has 2 amide bonds. The summed E-state index contributed by atoms with van der Waals surface area (Å²) in [6.07, 6.45) is 0.239. The molecule has 0 aliphatic heterocycles. The van der Waals surface area contributed by atoms with Crippen LogP contribution in [0.1, 0.15) is 21.5 Å². The molecule has 7 nitrogen and oxygen atoms in total. The minimum atomic E-state index is -1.17. The Morgan fingerprint density at radius 2 is 1.22 bits per heavy atom. The maximum Gasteiger partial charge on any atom is 0.326 e. The van der Waals surface area contributed by atoms with Crippen LogP contribution in [0.25, 0.3) is 0 Å². The maximum atomic E-state index is 13.0. The van der Waals surface area contributed by atoms with Gasteiger partial charge in [0.15, 0.2) is 0 Å². The van der Waals surface area contributed by atoms with Crippen molar-refractivity contribution in [2.45, 2.75) is 24.9 Å². The van der Waals surface area contributed by atoms with Gasteiger partial charge in [-0.2, -0.15) is 0 Å². The van der Waals surface area contributed by atoms with E-state index in [1.807, 2.05) is 6.07 Å². The van der Waals surface area contributed by atoms with Gasteiger partial charge >= 0.3 is 5.97 Å². The van der Waals surface area contributed by atoms with Crippen molar-refractivity contribution >= 4 is 17.8 Å². The second kappa shape index (κ2) is 10.8. The smallest absolute Gasteiger partial charge is 0.326 e. The monoisotopic (exact) mass is 432 g/mol. The van der Waals surface area contributed by atoms with Crippen molar-refractivity contribution in [3.05, 3.63) is 102 Å². The second-order valence-electron chi connectivity index (χ2n) is 7.35. The Morgan fingerprint density at radius 3 is 1.81 bits per heavy atom. The van der Waals surface area contributed by atoms with Gasteiger partial charge in [-0.25, -0.2) is 4.79 Å². The molecule has 4 N–H and O–H groups in total. The van der Waals surface area contributed by atoms with Crippen LogP contribution < -0.4 is 10.6 Å². The van der Waals surface area contributed by atoms with Crippen LogP contribution in [-0.4, -0.2) is 40.1 Å². The summed E-state index contributed by atoms with van der Waals surface area (Å²) in [5.74, 6) is -2.14. The first-order chi connectivity index (χ1) is 15.4. The van der Waals surface area contributed by atoms with Crippen LogP contribution in [0.15, 0.2) is 84.9 Å². The number of aromatic hydroxyl groups is 1. The van der Waals surface area contributed by atoms with Crippen molar-refractivity contribution in [1.82, 2.24) is 10.6 Å². The van der Waals surface area contributed by atoms with Crippen molar-refractivity contribution in [2.75, 3.05) is 0 Å². The highest BCUT2D eigenvalue weighted by Crippen LogP contribution is 2.12. The molecule has 0 aliphatic carbocycles. The zero-order valence-electron chi connectivity index (χ0n) is 17.3. The zero-order valence-corrected chi connectivity index (χ0v) is 17.3. The lowest BCUT2D eigenvalue weighted by molar-refractivity contribution is -0.142. The number of aliphatic carboxylic acids is 1. The third kappa shape index (κ3) is 6.43. The van der Waals surface area contributed by atoms with Crippen molar-refractivity contribution in [3.63, 3.8) is 0 Å². The first kappa shape index (κ1) is 22.6. The highest BCUT2D eigenvalue weighted by molar-refractivity contribution is 5.98. The van der Waals surface area contributed by atoms with Crippen molar-refractivity contribution in [2.24, 2.45) is 0 Å². The molecule has 2 unspecified atom stereocenters. The summed E-state index contributed by atoms with van der Waals surface area (Å²) in [4.78, 5) is 37.5. The van der Waals surface area contributed by atoms with Gasteiger partial charge in [-0.15, -0.1) is 0 Å². The summed E-state index contributed by atoms with van der Waals surface area (Å²) in [6.45, 7) is 0. The van der Waals surface area contributed by atoms with E-state index in [0.29, 0.717) is 11.1 Å². The Kier molecular flexibility index (Phi) is 7.59. The minimum absolute atomic E-state index is 0.0804. The molecule has 0 aliphatic rings. The topological polar surface area (TPSA) is 116 Å². The van der Waals surface area contributed by atoms with Crippen LogP contribution in [-0.2, 0) is 22.4 Å². The lowest BCUT2D eigenvalue weighted by Gasteiger charge is -2.22. The van der Waals surface area contributed by atoms with Crippen molar-refractivity contribution in [1.29, 1.82) is 0 Å². The molecule has 3 aromatic carbocycles. The first-order valence-corrected chi connectivity index (χ1v) is 10.1. The average Bonchev–Trinajstić information content (AvgIpc) is 2.80. The van der Waals surface area contributed by atoms with Crippen LogP contribution in [0.2, 0.25) is 0 Å². The number of carbonyl (C=O) groups excluding carboxylic acids is 2. The summed E-state index contributed by atoms with van der Waals surface area (Å²) >= 11 is 0. The minimum Gasteiger partial charge on any atom is -0.508 e. The highest BCUT2D eigenvalue weighted by atomic mass is 16.4. The number of amides is 2. The van der Waals surface area contributed by atoms with Gasteiger partial charge in [0, 0.05) is 18.4 Å². The van der Waals surface area contributed by atoms with E-state index in [1.54, 1.807) is 66.7 Å². The number of rotatable bonds is 9. The Balaban J connectivity index is 1.78. The van der Waals surface area contributed by atoms with E-state index < -0.39 is 29.9 Å². The molecule has 0 spiro atoms. The van der Waals surface area contributed by atoms with E-state index in [0.717, 1.165) is 5.56 Å². The predicted octanol–water partition coefficient (Wildman–Crippen LogP) is 2.55. The van der Waals surface area contributed by atoms with Crippen LogP contribution in [0.5, 0.6) is 5.75 Å². The molecule has 0 bridgehead atoms. The summed E-state index contributed by atoms with van der Waals surface area (Å²) in [7, 11) is 0. The van der Waals surface area contributed by atoms with Gasteiger partial charge in [0.2, 0.25) is 5.91 Å². The fraction of sp³-hybridized carbons (Fsp3) is 0.160. The van der Waals surface area contributed by atoms with Crippen molar-refractivity contribution < 1.29 is 24.6 Å². The molecule has 0 aromatic heterocycles. The number of hydrogen-bond acceptors (Lipinski definition) is 4. The van der Waals surface area contributed by atoms with Gasteiger partial charge in [-0.05, 0) is 35.4 Å². The molecule has 164 valence electrons. The number of benzene rings is 3. The number of phenolic OH excluding ortho intramolecular Hbond substituents is 1. The van der Waals surface area contributed by atoms with Gasteiger partial charge in [-0.3, -0.25) is 9.59 Å². The quantitative estimate of drug-likeness (QED) is 0.415. The van der Waals surface area contributed by atoms with Crippen LogP contribution in [0.3, 0.4) is 0 Å². The van der Waals surface area contributed by atoms with Gasteiger partial charge in [0.05, 0.1) is 0 Å². The fourth-order valence-electron chi connectivity index (χ4n) is 3.23. The van der Waals surface area contributed by atoms with Gasteiger partial charge < -0.3 is 20.8 Å². The molecule has 2 atom stereocenters. The Morgan fingerprint density at radius 1 is 0.688 bits per heavy atom. The maximum absolute atomic E-state index is 13.0. The Bertz CT molecular complexity index is 1050. The van der Waals surface area contributed by atoms with E-state index in [4.69, 9.17) is 0 Å². The third-order valence-electron chi connectivity index (χ3n) is 4.93. The van der Waals surface area contributed by atoms with Gasteiger partial charge in [-0.1, -0.05) is 60.7 Å². The SMILES string of the molecule is O=C(NC(Cc1ccc(O)cc1)C(=O)NC(Cc1ccccc1)C(=O)O)c1ccccc1. The standard InChI is InChI=1S/C25H24N2O5/c28-20-13-11-18(12-14-20)15-21(26-23(29)19-9-5-2-6-10-19)24(30)27-22(25(31)32)16-17-7-3-1-4-8-17/h1-14,21-22,28H,15-16H2,(H,26,29)(H,27,30)(H,31,32). The number of carboxylic acid groups (broad SMARTS) is 1. The molecule has 0 radical (unpaired) electrons. The lowest BCUT2D eigenvalue weighted by Crippen LogP contribution is -2.53. The van der Waals surface area contributed by atoms with Crippen LogP contribution >= 0.6 is 0 Å². The molecule has 0 saturated carbocycles. The second-order valence-corrected chi connectivity index (χ2v) is 7.35. The highest BCUT2D eigenvalue weighted by Gasteiger charge is 2.27. The molecule has 32 heavy (non-hydrogen) atoms. The van der Waals surface area contributed by atoms with E-state index >= 15 is 0 Å². The van der Waals surface area contributed by atoms with E-state index in [1.165, 1.54) is 12.1 Å². The van der Waals surface area contributed by atoms with Crippen LogP contribution in [0, 0.1) is 0 Å². The summed E-state index contributed by atoms with van der Waals surface area (Å²) in [6, 6.07) is 21.5. The van der Waals surface area contributed by atoms with E-state index in [2.05, 4.69) is 10.6 Å².